The summed E-state index contributed by atoms with van der Waals surface area (Å²) in [6, 6.07) is 0. The summed E-state index contributed by atoms with van der Waals surface area (Å²) < 4.78 is 30.3. The van der Waals surface area contributed by atoms with Gasteiger partial charge in [0.1, 0.15) is 0 Å². The summed E-state index contributed by atoms with van der Waals surface area (Å²) in [4.78, 5) is 21.6. The lowest BCUT2D eigenvalue weighted by molar-refractivity contribution is -0.140. The first kappa shape index (κ1) is 16.9. The maximum atomic E-state index is 11.8. The fraction of sp³-hybridized carbons (Fsp3) is 0.800. The fourth-order valence-electron chi connectivity index (χ4n) is 1.24. The Balaban J connectivity index is 4.75. The van der Waals surface area contributed by atoms with Crippen molar-refractivity contribution in [3.63, 3.8) is 0 Å². The number of carbonyl (C=O) groups is 2. The van der Waals surface area contributed by atoms with E-state index < -0.39 is 32.8 Å². The molecule has 1 unspecified atom stereocenters. The van der Waals surface area contributed by atoms with Crippen LogP contribution in [0.25, 0.3) is 0 Å². The van der Waals surface area contributed by atoms with Crippen molar-refractivity contribution in [1.29, 1.82) is 0 Å². The normalized spacial score (nSPS) is 14.0. The number of carboxylic acid groups (broad SMARTS) is 1. The highest BCUT2D eigenvalue weighted by Crippen LogP contribution is 2.15. The molecule has 0 spiro atoms. The summed E-state index contributed by atoms with van der Waals surface area (Å²) in [7, 11) is -2.79. The average Bonchev–Trinajstić information content (AvgIpc) is 2.23. The van der Waals surface area contributed by atoms with Gasteiger partial charge in [0.25, 0.3) is 0 Å². The van der Waals surface area contributed by atoms with Gasteiger partial charge in [-0.1, -0.05) is 0 Å². The van der Waals surface area contributed by atoms with Crippen molar-refractivity contribution >= 4 is 22.0 Å². The second kappa shape index (κ2) is 6.14. The number of sulfonamides is 1. The molecule has 0 saturated carbocycles. The molecule has 0 aliphatic heterocycles. The molecule has 0 saturated heterocycles. The van der Waals surface area contributed by atoms with E-state index in [-0.39, 0.29) is 12.8 Å². The molecule has 0 aliphatic rings. The fourth-order valence-corrected chi connectivity index (χ4v) is 2.64. The number of esters is 1. The van der Waals surface area contributed by atoms with Gasteiger partial charge in [-0.25, -0.2) is 13.1 Å². The average molecular weight is 281 g/mol. The molecule has 1 atom stereocenters. The standard InChI is InChI=1S/C10H19NO6S/c1-7(9(14)17-4)18(15,16)11-10(2,3)6-5-8(12)13/h7,11H,5-6H2,1-4H3,(H,12,13). The number of hydrogen-bond acceptors (Lipinski definition) is 5. The molecule has 0 aliphatic carbocycles. The molecule has 0 heterocycles. The first-order chi connectivity index (χ1) is 8.02. The van der Waals surface area contributed by atoms with Gasteiger partial charge < -0.3 is 9.84 Å². The molecular weight excluding hydrogens is 262 g/mol. The van der Waals surface area contributed by atoms with E-state index in [2.05, 4.69) is 9.46 Å². The molecule has 0 aromatic carbocycles. The zero-order valence-corrected chi connectivity index (χ0v) is 11.7. The highest BCUT2D eigenvalue weighted by molar-refractivity contribution is 7.90. The third kappa shape index (κ3) is 5.46. The van der Waals surface area contributed by atoms with Crippen molar-refractivity contribution in [2.24, 2.45) is 0 Å². The molecule has 0 rings (SSSR count). The highest BCUT2D eigenvalue weighted by atomic mass is 32.2. The minimum Gasteiger partial charge on any atom is -0.481 e. The van der Waals surface area contributed by atoms with Crippen molar-refractivity contribution in [2.45, 2.75) is 44.4 Å². The molecule has 0 aromatic heterocycles. The maximum Gasteiger partial charge on any atom is 0.325 e. The number of carbonyl (C=O) groups excluding carboxylic acids is 1. The van der Waals surface area contributed by atoms with Gasteiger partial charge in [0, 0.05) is 12.0 Å². The number of carboxylic acids is 1. The van der Waals surface area contributed by atoms with E-state index in [0.29, 0.717) is 0 Å². The van der Waals surface area contributed by atoms with Crippen molar-refractivity contribution < 1.29 is 27.9 Å². The van der Waals surface area contributed by atoms with Crippen LogP contribution in [0.3, 0.4) is 0 Å². The van der Waals surface area contributed by atoms with Crippen LogP contribution in [0.2, 0.25) is 0 Å². The lowest BCUT2D eigenvalue weighted by Gasteiger charge is -2.26. The molecule has 7 nitrogen and oxygen atoms in total. The van der Waals surface area contributed by atoms with Gasteiger partial charge in [-0.15, -0.1) is 0 Å². The number of methoxy groups -OCH3 is 1. The number of ether oxygens (including phenoxy) is 1. The Bertz CT molecular complexity index is 414. The molecule has 0 fully saturated rings. The molecule has 18 heavy (non-hydrogen) atoms. The summed E-state index contributed by atoms with van der Waals surface area (Å²) in [5.74, 6) is -1.88. The van der Waals surface area contributed by atoms with Crippen LogP contribution in [0.4, 0.5) is 0 Å². The second-order valence-corrected chi connectivity index (χ2v) is 6.59. The Morgan fingerprint density at radius 2 is 1.89 bits per heavy atom. The lowest BCUT2D eigenvalue weighted by Crippen LogP contribution is -2.49. The quantitative estimate of drug-likeness (QED) is 0.641. The number of hydrogen-bond donors (Lipinski definition) is 2. The Morgan fingerprint density at radius 3 is 2.28 bits per heavy atom. The molecule has 0 amide bonds. The molecular formula is C10H19NO6S. The van der Waals surface area contributed by atoms with Crippen LogP contribution >= 0.6 is 0 Å². The van der Waals surface area contributed by atoms with Crippen LogP contribution in [-0.4, -0.2) is 43.4 Å². The molecule has 0 radical (unpaired) electrons. The number of rotatable bonds is 7. The topological polar surface area (TPSA) is 110 Å². The van der Waals surface area contributed by atoms with Crippen molar-refractivity contribution in [3.8, 4) is 0 Å². The van der Waals surface area contributed by atoms with E-state index >= 15 is 0 Å². The van der Waals surface area contributed by atoms with Crippen molar-refractivity contribution in [3.05, 3.63) is 0 Å². The largest absolute Gasteiger partial charge is 0.481 e. The van der Waals surface area contributed by atoms with E-state index in [0.717, 1.165) is 7.11 Å². The van der Waals surface area contributed by atoms with Crippen LogP contribution in [0, 0.1) is 0 Å². The van der Waals surface area contributed by atoms with Crippen molar-refractivity contribution in [1.82, 2.24) is 4.72 Å². The van der Waals surface area contributed by atoms with Crippen LogP contribution in [-0.2, 0) is 24.3 Å². The smallest absolute Gasteiger partial charge is 0.325 e. The zero-order chi connectivity index (χ0) is 14.6. The predicted molar refractivity (Wildman–Crippen MR) is 64.5 cm³/mol. The van der Waals surface area contributed by atoms with Gasteiger partial charge in [0.15, 0.2) is 5.25 Å². The van der Waals surface area contributed by atoms with Gasteiger partial charge in [-0.2, -0.15) is 0 Å². The van der Waals surface area contributed by atoms with Gasteiger partial charge >= 0.3 is 11.9 Å². The van der Waals surface area contributed by atoms with Gasteiger partial charge in [-0.05, 0) is 27.2 Å². The lowest BCUT2D eigenvalue weighted by atomic mass is 10.0. The Labute approximate surface area is 107 Å². The maximum absolute atomic E-state index is 11.8. The van der Waals surface area contributed by atoms with Gasteiger partial charge in [0.05, 0.1) is 7.11 Å². The molecule has 2 N–H and O–H groups in total. The zero-order valence-electron chi connectivity index (χ0n) is 10.9. The Morgan fingerprint density at radius 1 is 1.39 bits per heavy atom. The SMILES string of the molecule is COC(=O)C(C)S(=O)(=O)NC(C)(C)CCC(=O)O. The van der Waals surface area contributed by atoms with Gasteiger partial charge in [-0.3, -0.25) is 9.59 Å². The van der Waals surface area contributed by atoms with Crippen LogP contribution in [0.1, 0.15) is 33.6 Å². The third-order valence-electron chi connectivity index (χ3n) is 2.38. The van der Waals surface area contributed by atoms with E-state index in [9.17, 15) is 18.0 Å². The Hall–Kier alpha value is -1.15. The van der Waals surface area contributed by atoms with E-state index in [1.165, 1.54) is 6.92 Å². The van der Waals surface area contributed by atoms with E-state index in [4.69, 9.17) is 5.11 Å². The summed E-state index contributed by atoms with van der Waals surface area (Å²) in [6.45, 7) is 4.32. The minimum absolute atomic E-state index is 0.120. The van der Waals surface area contributed by atoms with E-state index in [1.54, 1.807) is 13.8 Å². The highest BCUT2D eigenvalue weighted by Gasteiger charge is 2.34. The molecule has 106 valence electrons. The minimum atomic E-state index is -3.89. The van der Waals surface area contributed by atoms with Crippen molar-refractivity contribution in [2.75, 3.05) is 7.11 Å². The molecule has 0 bridgehead atoms. The molecule has 0 aromatic rings. The van der Waals surface area contributed by atoms with Crippen LogP contribution in [0.5, 0.6) is 0 Å². The van der Waals surface area contributed by atoms with Gasteiger partial charge in [0.2, 0.25) is 10.0 Å². The van der Waals surface area contributed by atoms with Crippen LogP contribution < -0.4 is 4.72 Å². The first-order valence-electron chi connectivity index (χ1n) is 5.34. The van der Waals surface area contributed by atoms with Crippen LogP contribution in [0.15, 0.2) is 0 Å². The first-order valence-corrected chi connectivity index (χ1v) is 6.89. The van der Waals surface area contributed by atoms with E-state index in [1.807, 2.05) is 0 Å². The summed E-state index contributed by atoms with van der Waals surface area (Å²) in [5, 5.41) is 7.22. The summed E-state index contributed by atoms with van der Waals surface area (Å²) in [6.07, 6.45) is -0.0441. The number of nitrogens with one attached hydrogen (secondary N) is 1. The molecule has 8 heteroatoms. The third-order valence-corrected chi connectivity index (χ3v) is 4.34. The summed E-state index contributed by atoms with van der Waals surface area (Å²) in [5.41, 5.74) is -0.945. The monoisotopic (exact) mass is 281 g/mol. The Kier molecular flexibility index (Phi) is 5.75. The predicted octanol–water partition coefficient (Wildman–Crippen LogP) is 0.111. The summed E-state index contributed by atoms with van der Waals surface area (Å²) >= 11 is 0. The number of aliphatic carboxylic acids is 1. The second-order valence-electron chi connectivity index (χ2n) is 4.59.